The van der Waals surface area contributed by atoms with Crippen LogP contribution in [0, 0.1) is 29.1 Å². The molecule has 2 aliphatic carbocycles. The van der Waals surface area contributed by atoms with Crippen molar-refractivity contribution in [2.45, 2.75) is 38.6 Å². The van der Waals surface area contributed by atoms with E-state index in [9.17, 15) is 9.59 Å². The number of rotatable bonds is 3. The lowest BCUT2D eigenvalue weighted by Gasteiger charge is -2.36. The molecule has 2 aliphatic rings. The highest BCUT2D eigenvalue weighted by Gasteiger charge is 2.41. The van der Waals surface area contributed by atoms with Crippen LogP contribution in [0.1, 0.15) is 43.2 Å². The fourth-order valence-corrected chi connectivity index (χ4v) is 3.72. The summed E-state index contributed by atoms with van der Waals surface area (Å²) in [6.07, 6.45) is 4.47. The first-order valence-corrected chi connectivity index (χ1v) is 7.98. The van der Waals surface area contributed by atoms with Crippen LogP contribution in [0.5, 0.6) is 0 Å². The number of nitrogens with zero attached hydrogens (tertiary/aromatic N) is 1. The van der Waals surface area contributed by atoms with Gasteiger partial charge >= 0.3 is 0 Å². The summed E-state index contributed by atoms with van der Waals surface area (Å²) in [4.78, 5) is 24.4. The quantitative estimate of drug-likeness (QED) is 0.932. The average molecular weight is 296 g/mol. The number of carbonyl (C=O) groups excluding carboxylic acids is 2. The SMILES string of the molecule is N#Cc1ccc(CNC(=O)C2CC3CCCC(C2)C3=O)cc1. The molecule has 1 aromatic rings. The number of benzene rings is 1. The van der Waals surface area contributed by atoms with E-state index in [0.717, 1.165) is 24.8 Å². The molecule has 4 heteroatoms. The molecule has 4 nitrogen and oxygen atoms in total. The number of carbonyl (C=O) groups is 2. The number of nitriles is 1. The molecule has 114 valence electrons. The first-order chi connectivity index (χ1) is 10.7. The molecule has 0 radical (unpaired) electrons. The molecule has 0 heterocycles. The fraction of sp³-hybridized carbons (Fsp3) is 0.500. The summed E-state index contributed by atoms with van der Waals surface area (Å²) in [5.41, 5.74) is 1.60. The Kier molecular flexibility index (Phi) is 4.24. The third-order valence-electron chi connectivity index (χ3n) is 4.97. The lowest BCUT2D eigenvalue weighted by atomic mass is 9.67. The van der Waals surface area contributed by atoms with E-state index in [0.29, 0.717) is 30.7 Å². The van der Waals surface area contributed by atoms with E-state index in [4.69, 9.17) is 5.26 Å². The lowest BCUT2D eigenvalue weighted by molar-refractivity contribution is -0.137. The van der Waals surface area contributed by atoms with Gasteiger partial charge in [-0.15, -0.1) is 0 Å². The maximum Gasteiger partial charge on any atom is 0.223 e. The Balaban J connectivity index is 1.56. The van der Waals surface area contributed by atoms with Crippen LogP contribution < -0.4 is 5.32 Å². The molecule has 3 rings (SSSR count). The van der Waals surface area contributed by atoms with Gasteiger partial charge in [-0.1, -0.05) is 18.6 Å². The predicted octanol–water partition coefficient (Wildman–Crippen LogP) is 2.57. The van der Waals surface area contributed by atoms with E-state index < -0.39 is 0 Å². The molecule has 1 N–H and O–H groups in total. The Labute approximate surface area is 130 Å². The topological polar surface area (TPSA) is 70.0 Å². The van der Waals surface area contributed by atoms with Crippen LogP contribution in [-0.4, -0.2) is 11.7 Å². The molecule has 0 saturated heterocycles. The van der Waals surface area contributed by atoms with Crippen LogP contribution in [-0.2, 0) is 16.1 Å². The second-order valence-electron chi connectivity index (χ2n) is 6.42. The Bertz CT molecular complexity index is 599. The summed E-state index contributed by atoms with van der Waals surface area (Å²) in [5.74, 6) is 0.652. The first-order valence-electron chi connectivity index (χ1n) is 7.98. The molecule has 2 bridgehead atoms. The number of amides is 1. The smallest absolute Gasteiger partial charge is 0.223 e. The van der Waals surface area contributed by atoms with Crippen molar-refractivity contribution in [3.05, 3.63) is 35.4 Å². The summed E-state index contributed by atoms with van der Waals surface area (Å²) in [6.45, 7) is 0.477. The van der Waals surface area contributed by atoms with Crippen molar-refractivity contribution in [2.24, 2.45) is 17.8 Å². The van der Waals surface area contributed by atoms with Crippen LogP contribution in [0.3, 0.4) is 0 Å². The van der Waals surface area contributed by atoms with Crippen molar-refractivity contribution in [3.8, 4) is 6.07 Å². The molecule has 22 heavy (non-hydrogen) atoms. The lowest BCUT2D eigenvalue weighted by Crippen LogP contribution is -2.42. The van der Waals surface area contributed by atoms with E-state index in [1.165, 1.54) is 0 Å². The molecule has 0 aromatic heterocycles. The van der Waals surface area contributed by atoms with E-state index in [1.54, 1.807) is 12.1 Å². The van der Waals surface area contributed by atoms with Gasteiger partial charge in [-0.05, 0) is 43.4 Å². The standard InChI is InChI=1S/C18H20N2O2/c19-10-12-4-6-13(7-5-12)11-20-18(22)16-8-14-2-1-3-15(9-16)17(14)21/h4-7,14-16H,1-3,8-9,11H2,(H,20,22). The Morgan fingerprint density at radius 2 is 1.82 bits per heavy atom. The molecule has 2 saturated carbocycles. The molecule has 2 atom stereocenters. The van der Waals surface area contributed by atoms with Gasteiger partial charge in [0.2, 0.25) is 5.91 Å². The van der Waals surface area contributed by atoms with E-state index in [-0.39, 0.29) is 23.7 Å². The van der Waals surface area contributed by atoms with Gasteiger partial charge in [0, 0.05) is 24.3 Å². The maximum atomic E-state index is 12.4. The van der Waals surface area contributed by atoms with Crippen LogP contribution >= 0.6 is 0 Å². The van der Waals surface area contributed by atoms with Gasteiger partial charge in [0.25, 0.3) is 0 Å². The highest BCUT2D eigenvalue weighted by atomic mass is 16.2. The van der Waals surface area contributed by atoms with Crippen molar-refractivity contribution in [1.82, 2.24) is 5.32 Å². The van der Waals surface area contributed by atoms with Gasteiger partial charge in [-0.2, -0.15) is 5.26 Å². The molecule has 0 spiro atoms. The van der Waals surface area contributed by atoms with E-state index >= 15 is 0 Å². The van der Waals surface area contributed by atoms with Gasteiger partial charge in [-0.25, -0.2) is 0 Å². The summed E-state index contributed by atoms with van der Waals surface area (Å²) >= 11 is 0. The molecule has 1 aromatic carbocycles. The summed E-state index contributed by atoms with van der Waals surface area (Å²) in [7, 11) is 0. The van der Waals surface area contributed by atoms with Crippen LogP contribution in [0.25, 0.3) is 0 Å². The third-order valence-corrected chi connectivity index (χ3v) is 4.97. The highest BCUT2D eigenvalue weighted by molar-refractivity contribution is 5.88. The van der Waals surface area contributed by atoms with Gasteiger partial charge < -0.3 is 5.32 Å². The zero-order valence-corrected chi connectivity index (χ0v) is 12.5. The van der Waals surface area contributed by atoms with Crippen molar-refractivity contribution in [1.29, 1.82) is 5.26 Å². The normalized spacial score (nSPS) is 27.0. The molecule has 1 amide bonds. The van der Waals surface area contributed by atoms with Crippen LogP contribution in [0.4, 0.5) is 0 Å². The van der Waals surface area contributed by atoms with Crippen molar-refractivity contribution >= 4 is 11.7 Å². The first kappa shape index (κ1) is 14.8. The number of nitrogens with one attached hydrogen (secondary N) is 1. The monoisotopic (exact) mass is 296 g/mol. The number of Topliss-reactive ketones (excluding diaryl/α,β-unsaturated/α-hetero) is 1. The maximum absolute atomic E-state index is 12.4. The summed E-state index contributed by atoms with van der Waals surface area (Å²) in [5, 5.41) is 11.7. The van der Waals surface area contributed by atoms with Crippen molar-refractivity contribution < 1.29 is 9.59 Å². The Morgan fingerprint density at radius 1 is 1.18 bits per heavy atom. The summed E-state index contributed by atoms with van der Waals surface area (Å²) in [6, 6.07) is 9.31. The molecule has 2 unspecified atom stereocenters. The number of hydrogen-bond donors (Lipinski definition) is 1. The van der Waals surface area contributed by atoms with E-state index in [1.807, 2.05) is 12.1 Å². The van der Waals surface area contributed by atoms with Crippen LogP contribution in [0.15, 0.2) is 24.3 Å². The highest BCUT2D eigenvalue weighted by Crippen LogP contribution is 2.40. The van der Waals surface area contributed by atoms with Crippen molar-refractivity contribution in [2.75, 3.05) is 0 Å². The minimum atomic E-state index is -0.0219. The minimum Gasteiger partial charge on any atom is -0.352 e. The largest absolute Gasteiger partial charge is 0.352 e. The van der Waals surface area contributed by atoms with Crippen LogP contribution in [0.2, 0.25) is 0 Å². The van der Waals surface area contributed by atoms with Gasteiger partial charge in [0.1, 0.15) is 5.78 Å². The minimum absolute atomic E-state index is 0.0219. The molecule has 2 fully saturated rings. The number of ketones is 1. The van der Waals surface area contributed by atoms with Gasteiger partial charge in [-0.3, -0.25) is 9.59 Å². The summed E-state index contributed by atoms with van der Waals surface area (Å²) < 4.78 is 0. The molecular formula is C18H20N2O2. The van der Waals surface area contributed by atoms with Gasteiger partial charge in [0.15, 0.2) is 0 Å². The average Bonchev–Trinajstić information content (AvgIpc) is 2.53. The number of hydrogen-bond acceptors (Lipinski definition) is 3. The van der Waals surface area contributed by atoms with Crippen molar-refractivity contribution in [3.63, 3.8) is 0 Å². The zero-order chi connectivity index (χ0) is 15.5. The van der Waals surface area contributed by atoms with E-state index in [2.05, 4.69) is 11.4 Å². The fourth-order valence-electron chi connectivity index (χ4n) is 3.72. The van der Waals surface area contributed by atoms with Gasteiger partial charge in [0.05, 0.1) is 11.6 Å². The molecule has 0 aliphatic heterocycles. The number of fused-ring (bicyclic) bond motifs is 2. The Hall–Kier alpha value is -2.15. The second kappa shape index (κ2) is 6.31. The third kappa shape index (κ3) is 3.04. The molecular weight excluding hydrogens is 276 g/mol. The zero-order valence-electron chi connectivity index (χ0n) is 12.5. The predicted molar refractivity (Wildman–Crippen MR) is 81.6 cm³/mol. The Morgan fingerprint density at radius 3 is 2.41 bits per heavy atom. The second-order valence-corrected chi connectivity index (χ2v) is 6.42.